The Bertz CT molecular complexity index is 1940. The molecule has 0 aliphatic rings. The highest BCUT2D eigenvalue weighted by Gasteiger charge is 2.21. The molecular formula is C33H38Cl2N12O2. The molecule has 7 N–H and O–H groups in total. The zero-order chi connectivity index (χ0) is 34.8. The number of halogens is 2. The van der Waals surface area contributed by atoms with Gasteiger partial charge in [0.2, 0.25) is 0 Å². The predicted octanol–water partition coefficient (Wildman–Crippen LogP) is 6.58. The standard InChI is InChI=1S/C19H23ClN6O2.C14H15ClN6/c1-19(2,3)28-18(27)26-14(12-4-6-13(20)7-5-12)8-9-21-16-15-17(23-10-22-15)25-11-24-16;15-10-3-1-9(2-4-10)11(16)5-6-17-13-12-14(19-7-18-12)21-8-20-13/h4-7,10-11,14H,8-9H2,1-3H3,(H,26,27)(H2,21,22,23,24,25);1-4,7-8,11H,5-6,16H2,(H2,17,18,19,20,21). The van der Waals surface area contributed by atoms with Gasteiger partial charge in [-0.05, 0) is 69.0 Å². The minimum atomic E-state index is -0.569. The van der Waals surface area contributed by atoms with Crippen molar-refractivity contribution in [3.8, 4) is 0 Å². The largest absolute Gasteiger partial charge is 0.444 e. The summed E-state index contributed by atoms with van der Waals surface area (Å²) in [6.45, 7) is 6.76. The molecule has 1 amide bonds. The first-order valence-electron chi connectivity index (χ1n) is 15.6. The molecule has 14 nitrogen and oxygen atoms in total. The average molecular weight is 706 g/mol. The summed E-state index contributed by atoms with van der Waals surface area (Å²) in [6.07, 6.45) is 7.05. The third-order valence-electron chi connectivity index (χ3n) is 7.18. The number of alkyl carbamates (subject to hydrolysis) is 1. The molecule has 256 valence electrons. The van der Waals surface area contributed by atoms with Crippen LogP contribution in [0.25, 0.3) is 22.3 Å². The Morgan fingerprint density at radius 3 is 1.76 bits per heavy atom. The smallest absolute Gasteiger partial charge is 0.408 e. The second-order valence-corrected chi connectivity index (χ2v) is 12.9. The van der Waals surface area contributed by atoms with E-state index in [2.05, 4.69) is 55.8 Å². The van der Waals surface area contributed by atoms with Crippen molar-refractivity contribution in [3.05, 3.63) is 95.0 Å². The predicted molar refractivity (Wildman–Crippen MR) is 192 cm³/mol. The van der Waals surface area contributed by atoms with Crippen molar-refractivity contribution in [1.29, 1.82) is 0 Å². The second kappa shape index (κ2) is 16.4. The van der Waals surface area contributed by atoms with E-state index in [-0.39, 0.29) is 12.1 Å². The normalized spacial score (nSPS) is 12.5. The summed E-state index contributed by atoms with van der Waals surface area (Å²) >= 11 is 11.9. The summed E-state index contributed by atoms with van der Waals surface area (Å²) in [5.74, 6) is 1.40. The van der Waals surface area contributed by atoms with Crippen molar-refractivity contribution in [2.45, 2.75) is 51.3 Å². The molecular weight excluding hydrogens is 667 g/mol. The van der Waals surface area contributed by atoms with Gasteiger partial charge in [0.05, 0.1) is 18.7 Å². The lowest BCUT2D eigenvalue weighted by Gasteiger charge is -2.24. The lowest BCUT2D eigenvalue weighted by atomic mass is 10.0. The van der Waals surface area contributed by atoms with Gasteiger partial charge in [0.25, 0.3) is 0 Å². The van der Waals surface area contributed by atoms with Crippen LogP contribution in [0.15, 0.2) is 73.8 Å². The van der Waals surface area contributed by atoms with Crippen LogP contribution >= 0.6 is 23.2 Å². The van der Waals surface area contributed by atoms with Gasteiger partial charge in [-0.1, -0.05) is 47.5 Å². The lowest BCUT2D eigenvalue weighted by molar-refractivity contribution is 0.0502. The first-order chi connectivity index (χ1) is 23.6. The van der Waals surface area contributed by atoms with Gasteiger partial charge in [-0.15, -0.1) is 0 Å². The Balaban J connectivity index is 0.000000199. The fourth-order valence-corrected chi connectivity index (χ4v) is 5.07. The first-order valence-corrected chi connectivity index (χ1v) is 16.3. The SMILES string of the molecule is CC(C)(C)OC(=O)NC(CCNc1ncnc2nc[nH]c12)c1ccc(Cl)cc1.NC(CCNc1ncnc2nc[nH]c12)c1ccc(Cl)cc1. The van der Waals surface area contributed by atoms with Crippen molar-refractivity contribution in [2.75, 3.05) is 23.7 Å². The van der Waals surface area contributed by atoms with E-state index in [1.807, 2.05) is 57.2 Å². The summed E-state index contributed by atoms with van der Waals surface area (Å²) in [5.41, 5.74) is 10.4. The lowest BCUT2D eigenvalue weighted by Crippen LogP contribution is -2.35. The van der Waals surface area contributed by atoms with Crippen molar-refractivity contribution >= 4 is 63.3 Å². The highest BCUT2D eigenvalue weighted by Crippen LogP contribution is 2.22. The third kappa shape index (κ3) is 10.2. The Morgan fingerprint density at radius 1 is 0.755 bits per heavy atom. The summed E-state index contributed by atoms with van der Waals surface area (Å²) in [6, 6.07) is 14.7. The number of rotatable bonds is 11. The number of anilines is 2. The molecule has 6 rings (SSSR count). The third-order valence-corrected chi connectivity index (χ3v) is 7.68. The molecule has 0 radical (unpaired) electrons. The summed E-state index contributed by atoms with van der Waals surface area (Å²) in [4.78, 5) is 43.1. The van der Waals surface area contributed by atoms with Gasteiger partial charge in [0.15, 0.2) is 22.9 Å². The molecule has 0 saturated heterocycles. The topological polar surface area (TPSA) is 197 Å². The number of carbonyl (C=O) groups excluding carboxylic acids is 1. The van der Waals surface area contributed by atoms with Crippen LogP contribution < -0.4 is 21.7 Å². The van der Waals surface area contributed by atoms with Crippen molar-refractivity contribution in [1.82, 2.24) is 45.2 Å². The minimum Gasteiger partial charge on any atom is -0.444 e. The van der Waals surface area contributed by atoms with E-state index < -0.39 is 11.7 Å². The van der Waals surface area contributed by atoms with Crippen molar-refractivity contribution < 1.29 is 9.53 Å². The van der Waals surface area contributed by atoms with Gasteiger partial charge < -0.3 is 36.4 Å². The molecule has 0 bridgehead atoms. The quantitative estimate of drug-likeness (QED) is 0.0851. The van der Waals surface area contributed by atoms with E-state index in [1.165, 1.54) is 12.7 Å². The van der Waals surface area contributed by atoms with Crippen LogP contribution in [0.1, 0.15) is 56.8 Å². The molecule has 0 saturated carbocycles. The number of benzene rings is 2. The fraction of sp³-hybridized carbons (Fsp3) is 0.303. The first kappa shape index (κ1) is 35.3. The van der Waals surface area contributed by atoms with Crippen LogP contribution in [-0.4, -0.2) is 64.7 Å². The maximum atomic E-state index is 12.3. The van der Waals surface area contributed by atoms with Gasteiger partial charge >= 0.3 is 6.09 Å². The van der Waals surface area contributed by atoms with E-state index in [1.54, 1.807) is 24.8 Å². The number of fused-ring (bicyclic) bond motifs is 2. The number of nitrogens with zero attached hydrogens (tertiary/aromatic N) is 6. The van der Waals surface area contributed by atoms with Crippen molar-refractivity contribution in [2.24, 2.45) is 5.73 Å². The van der Waals surface area contributed by atoms with Gasteiger partial charge in [-0.3, -0.25) is 0 Å². The number of carbonyl (C=O) groups is 1. The van der Waals surface area contributed by atoms with Gasteiger partial charge in [0.1, 0.15) is 29.3 Å². The molecule has 16 heteroatoms. The molecule has 0 aliphatic heterocycles. The Morgan fingerprint density at radius 2 is 1.24 bits per heavy atom. The van der Waals surface area contributed by atoms with E-state index >= 15 is 0 Å². The maximum absolute atomic E-state index is 12.3. The number of amides is 1. The molecule has 4 aromatic heterocycles. The van der Waals surface area contributed by atoms with Gasteiger partial charge in [-0.25, -0.2) is 34.7 Å². The number of ether oxygens (including phenoxy) is 1. The fourth-order valence-electron chi connectivity index (χ4n) is 4.82. The summed E-state index contributed by atoms with van der Waals surface area (Å²) in [7, 11) is 0. The number of aromatic nitrogens is 8. The molecule has 0 fully saturated rings. The number of hydrogen-bond acceptors (Lipinski definition) is 11. The van der Waals surface area contributed by atoms with Crippen molar-refractivity contribution in [3.63, 3.8) is 0 Å². The molecule has 4 heterocycles. The van der Waals surface area contributed by atoms with Crippen LogP contribution in [-0.2, 0) is 4.74 Å². The molecule has 0 aliphatic carbocycles. The molecule has 6 aromatic rings. The van der Waals surface area contributed by atoms with Crippen LogP contribution in [0.2, 0.25) is 10.0 Å². The number of nitrogens with one attached hydrogen (secondary N) is 5. The molecule has 49 heavy (non-hydrogen) atoms. The second-order valence-electron chi connectivity index (χ2n) is 12.0. The van der Waals surface area contributed by atoms with Gasteiger partial charge in [-0.2, -0.15) is 0 Å². The zero-order valence-electron chi connectivity index (χ0n) is 27.2. The molecule has 2 aromatic carbocycles. The zero-order valence-corrected chi connectivity index (χ0v) is 28.8. The van der Waals surface area contributed by atoms with E-state index in [0.717, 1.165) is 34.4 Å². The molecule has 0 spiro atoms. The highest BCUT2D eigenvalue weighted by molar-refractivity contribution is 6.30. The van der Waals surface area contributed by atoms with E-state index in [4.69, 9.17) is 33.7 Å². The van der Waals surface area contributed by atoms with Crippen LogP contribution in [0.4, 0.5) is 16.4 Å². The Hall–Kier alpha value is -5.05. The number of aromatic amines is 2. The van der Waals surface area contributed by atoms with E-state index in [9.17, 15) is 4.79 Å². The maximum Gasteiger partial charge on any atom is 0.408 e. The van der Waals surface area contributed by atoms with Gasteiger partial charge in [0, 0.05) is 29.2 Å². The Labute approximate surface area is 293 Å². The monoisotopic (exact) mass is 704 g/mol. The molecule has 2 atom stereocenters. The number of nitrogens with two attached hydrogens (primary N) is 1. The van der Waals surface area contributed by atoms with Crippen LogP contribution in [0.3, 0.4) is 0 Å². The summed E-state index contributed by atoms with van der Waals surface area (Å²) in [5, 5.41) is 10.8. The minimum absolute atomic E-state index is 0.0474. The Kier molecular flexibility index (Phi) is 11.8. The highest BCUT2D eigenvalue weighted by atomic mass is 35.5. The number of hydrogen-bond donors (Lipinski definition) is 6. The average Bonchev–Trinajstić information content (AvgIpc) is 3.75. The molecule has 2 unspecified atom stereocenters. The van der Waals surface area contributed by atoms with E-state index in [0.29, 0.717) is 46.7 Å². The van der Waals surface area contributed by atoms with Crippen LogP contribution in [0, 0.1) is 0 Å². The van der Waals surface area contributed by atoms with Crippen LogP contribution in [0.5, 0.6) is 0 Å². The summed E-state index contributed by atoms with van der Waals surface area (Å²) < 4.78 is 5.39. The number of H-pyrrole nitrogens is 2. The number of imidazole rings is 2.